The summed E-state index contributed by atoms with van der Waals surface area (Å²) in [5, 5.41) is 6.47. The highest BCUT2D eigenvalue weighted by Crippen LogP contribution is 2.12. The van der Waals surface area contributed by atoms with Gasteiger partial charge < -0.3 is 0 Å². The quantitative estimate of drug-likeness (QED) is 0.657. The Morgan fingerprint density at radius 3 is 3.00 bits per heavy atom. The van der Waals surface area contributed by atoms with Gasteiger partial charge in [0, 0.05) is 17.5 Å². The van der Waals surface area contributed by atoms with E-state index in [1.54, 1.807) is 11.3 Å². The van der Waals surface area contributed by atoms with Gasteiger partial charge in [-0.2, -0.15) is 5.10 Å². The van der Waals surface area contributed by atoms with E-state index in [2.05, 4.69) is 27.6 Å². The SMILES string of the molecule is c1csc(Cc2nc3ccccn3n2)c1. The number of pyridine rings is 1. The van der Waals surface area contributed by atoms with Crippen LogP contribution in [0.3, 0.4) is 0 Å². The highest BCUT2D eigenvalue weighted by atomic mass is 32.1. The lowest BCUT2D eigenvalue weighted by Crippen LogP contribution is -1.89. The number of rotatable bonds is 2. The second-order valence-electron chi connectivity index (χ2n) is 3.29. The van der Waals surface area contributed by atoms with Gasteiger partial charge in [0.1, 0.15) is 0 Å². The van der Waals surface area contributed by atoms with Crippen molar-refractivity contribution >= 4 is 17.0 Å². The molecule has 74 valence electrons. The first-order chi connectivity index (χ1) is 7.42. The van der Waals surface area contributed by atoms with Crippen molar-refractivity contribution in [3.63, 3.8) is 0 Å². The molecule has 0 saturated heterocycles. The minimum absolute atomic E-state index is 0.819. The average molecular weight is 215 g/mol. The van der Waals surface area contributed by atoms with Gasteiger partial charge in [-0.05, 0) is 23.6 Å². The Hall–Kier alpha value is -1.68. The van der Waals surface area contributed by atoms with Crippen LogP contribution in [0.5, 0.6) is 0 Å². The minimum Gasteiger partial charge on any atom is -0.221 e. The van der Waals surface area contributed by atoms with Gasteiger partial charge in [-0.25, -0.2) is 9.50 Å². The second kappa shape index (κ2) is 3.47. The van der Waals surface area contributed by atoms with Crippen LogP contribution in [-0.2, 0) is 6.42 Å². The second-order valence-corrected chi connectivity index (χ2v) is 4.32. The number of nitrogens with zero attached hydrogens (tertiary/aromatic N) is 3. The summed E-state index contributed by atoms with van der Waals surface area (Å²) in [6, 6.07) is 10.0. The number of hydrogen-bond donors (Lipinski definition) is 0. The fourth-order valence-electron chi connectivity index (χ4n) is 1.52. The van der Waals surface area contributed by atoms with E-state index >= 15 is 0 Å². The van der Waals surface area contributed by atoms with E-state index in [1.165, 1.54) is 4.88 Å². The van der Waals surface area contributed by atoms with Gasteiger partial charge in [-0.3, -0.25) is 0 Å². The van der Waals surface area contributed by atoms with Crippen molar-refractivity contribution in [3.8, 4) is 0 Å². The number of aromatic nitrogens is 3. The molecule has 0 N–H and O–H groups in total. The van der Waals surface area contributed by atoms with Crippen LogP contribution in [0.2, 0.25) is 0 Å². The predicted octanol–water partition coefficient (Wildman–Crippen LogP) is 2.38. The van der Waals surface area contributed by atoms with E-state index in [4.69, 9.17) is 0 Å². The van der Waals surface area contributed by atoms with Crippen LogP contribution in [0.4, 0.5) is 0 Å². The largest absolute Gasteiger partial charge is 0.221 e. The molecule has 3 rings (SSSR count). The summed E-state index contributed by atoms with van der Waals surface area (Å²) in [6.45, 7) is 0. The van der Waals surface area contributed by atoms with E-state index < -0.39 is 0 Å². The van der Waals surface area contributed by atoms with Crippen LogP contribution < -0.4 is 0 Å². The molecule has 0 aliphatic rings. The fraction of sp³-hybridized carbons (Fsp3) is 0.0909. The van der Waals surface area contributed by atoms with Crippen molar-refractivity contribution in [1.29, 1.82) is 0 Å². The zero-order valence-electron chi connectivity index (χ0n) is 8.00. The monoisotopic (exact) mass is 215 g/mol. The molecule has 0 unspecified atom stereocenters. The number of fused-ring (bicyclic) bond motifs is 1. The minimum atomic E-state index is 0.819. The van der Waals surface area contributed by atoms with Crippen molar-refractivity contribution in [3.05, 3.63) is 52.6 Å². The van der Waals surface area contributed by atoms with Crippen LogP contribution in [0.25, 0.3) is 5.65 Å². The molecule has 4 heteroatoms. The predicted molar refractivity (Wildman–Crippen MR) is 60.1 cm³/mol. The molecule has 0 radical (unpaired) electrons. The van der Waals surface area contributed by atoms with Crippen molar-refractivity contribution in [1.82, 2.24) is 14.6 Å². The van der Waals surface area contributed by atoms with E-state index in [0.29, 0.717) is 0 Å². The fourth-order valence-corrected chi connectivity index (χ4v) is 2.22. The lowest BCUT2D eigenvalue weighted by Gasteiger charge is -1.88. The molecular formula is C11H9N3S. The highest BCUT2D eigenvalue weighted by Gasteiger charge is 2.04. The number of hydrogen-bond acceptors (Lipinski definition) is 3. The topological polar surface area (TPSA) is 30.2 Å². The molecule has 0 spiro atoms. The van der Waals surface area contributed by atoms with E-state index in [9.17, 15) is 0 Å². The van der Waals surface area contributed by atoms with Crippen LogP contribution in [-0.4, -0.2) is 14.6 Å². The summed E-state index contributed by atoms with van der Waals surface area (Å²) >= 11 is 1.74. The molecule has 15 heavy (non-hydrogen) atoms. The van der Waals surface area contributed by atoms with Crippen molar-refractivity contribution in [2.45, 2.75) is 6.42 Å². The molecule has 3 nitrogen and oxygen atoms in total. The van der Waals surface area contributed by atoms with Gasteiger partial charge in [0.25, 0.3) is 0 Å². The highest BCUT2D eigenvalue weighted by molar-refractivity contribution is 7.09. The first-order valence-corrected chi connectivity index (χ1v) is 5.62. The van der Waals surface area contributed by atoms with Gasteiger partial charge in [0.15, 0.2) is 11.5 Å². The molecule has 0 amide bonds. The molecule has 0 aliphatic heterocycles. The molecule has 0 atom stereocenters. The van der Waals surface area contributed by atoms with Crippen LogP contribution in [0.15, 0.2) is 41.9 Å². The summed E-state index contributed by atoms with van der Waals surface area (Å²) in [4.78, 5) is 5.74. The van der Waals surface area contributed by atoms with Crippen LogP contribution in [0.1, 0.15) is 10.7 Å². The summed E-state index contributed by atoms with van der Waals surface area (Å²) in [5.74, 6) is 0.878. The molecule has 3 aromatic rings. The molecule has 0 fully saturated rings. The first kappa shape index (κ1) is 8.61. The van der Waals surface area contributed by atoms with Crippen molar-refractivity contribution < 1.29 is 0 Å². The third-order valence-corrected chi connectivity index (χ3v) is 3.07. The summed E-state index contributed by atoms with van der Waals surface area (Å²) in [7, 11) is 0. The van der Waals surface area contributed by atoms with Gasteiger partial charge in [0.05, 0.1) is 0 Å². The molecule has 0 aromatic carbocycles. The summed E-state index contributed by atoms with van der Waals surface area (Å²) < 4.78 is 1.81. The van der Waals surface area contributed by atoms with E-state index in [1.807, 2.05) is 28.9 Å². The molecular weight excluding hydrogens is 206 g/mol. The molecule has 0 bridgehead atoms. The molecule has 3 aromatic heterocycles. The van der Waals surface area contributed by atoms with Crippen LogP contribution >= 0.6 is 11.3 Å². The Labute approximate surface area is 91.0 Å². The maximum atomic E-state index is 4.45. The summed E-state index contributed by atoms with van der Waals surface area (Å²) in [6.07, 6.45) is 2.74. The Kier molecular flexibility index (Phi) is 1.99. The average Bonchev–Trinajstić information content (AvgIpc) is 2.86. The lowest BCUT2D eigenvalue weighted by atomic mass is 10.3. The maximum absolute atomic E-state index is 4.45. The van der Waals surface area contributed by atoms with Gasteiger partial charge in [-0.15, -0.1) is 11.3 Å². The molecule has 0 aliphatic carbocycles. The van der Waals surface area contributed by atoms with Gasteiger partial charge >= 0.3 is 0 Å². The third-order valence-electron chi connectivity index (χ3n) is 2.20. The summed E-state index contributed by atoms with van der Waals surface area (Å²) in [5.41, 5.74) is 0.907. The standard InChI is InChI=1S/C11H9N3S/c1-2-6-14-11(5-1)12-10(13-14)8-9-4-3-7-15-9/h1-7H,8H2. The van der Waals surface area contributed by atoms with Crippen molar-refractivity contribution in [2.24, 2.45) is 0 Å². The maximum Gasteiger partial charge on any atom is 0.156 e. The van der Waals surface area contributed by atoms with E-state index in [0.717, 1.165) is 17.9 Å². The van der Waals surface area contributed by atoms with Crippen LogP contribution in [0, 0.1) is 0 Å². The first-order valence-electron chi connectivity index (χ1n) is 4.74. The molecule has 0 saturated carbocycles. The number of thiophene rings is 1. The normalized spacial score (nSPS) is 10.9. The third kappa shape index (κ3) is 1.64. The molecule has 3 heterocycles. The van der Waals surface area contributed by atoms with E-state index in [-0.39, 0.29) is 0 Å². The Morgan fingerprint density at radius 2 is 2.20 bits per heavy atom. The Morgan fingerprint density at radius 1 is 1.20 bits per heavy atom. The zero-order valence-corrected chi connectivity index (χ0v) is 8.81. The van der Waals surface area contributed by atoms with Gasteiger partial charge in [-0.1, -0.05) is 12.1 Å². The Bertz CT molecular complexity index is 535. The van der Waals surface area contributed by atoms with Gasteiger partial charge in [0.2, 0.25) is 0 Å². The zero-order chi connectivity index (χ0) is 10.1. The lowest BCUT2D eigenvalue weighted by molar-refractivity contribution is 0.905. The Balaban J connectivity index is 1.98. The van der Waals surface area contributed by atoms with Crippen molar-refractivity contribution in [2.75, 3.05) is 0 Å². The smallest absolute Gasteiger partial charge is 0.156 e.